The third kappa shape index (κ3) is 10.9. The molecule has 1 aromatic heterocycles. The van der Waals surface area contributed by atoms with Gasteiger partial charge in [0.25, 0.3) is 0 Å². The zero-order valence-electron chi connectivity index (χ0n) is 37.2. The standard InChI is InChI=1S/C50H50O16/c1-6-11-39(54)60-29-19-16-27(17-20-29)49-47(48(59)45-31(51)23-30(24-37(45)66-49)61-40(55)12-7-2)46-38(64-43(58)15-10-5)26-33(53)44-32(52)25-35(65-50(44)46)28-18-21-34(62-41(56)13-8-3)36(22-28)63-42(57)14-9-4/h16-26,47,49,51,53H,6-15H2,1-5H3. The van der Waals surface area contributed by atoms with Gasteiger partial charge in [-0.1, -0.05) is 46.8 Å². The Morgan fingerprint density at radius 1 is 0.561 bits per heavy atom. The van der Waals surface area contributed by atoms with Crippen LogP contribution in [0.4, 0.5) is 0 Å². The first-order chi connectivity index (χ1) is 31.7. The number of Topliss-reactive ketones (excluding diaryl/α,β-unsaturated/α-hetero) is 1. The minimum Gasteiger partial charge on any atom is -0.507 e. The Morgan fingerprint density at radius 2 is 1.09 bits per heavy atom. The Labute approximate surface area is 379 Å². The van der Waals surface area contributed by atoms with Crippen molar-refractivity contribution in [3.63, 3.8) is 0 Å². The second-order valence-corrected chi connectivity index (χ2v) is 15.5. The number of fused-ring (bicyclic) bond motifs is 2. The van der Waals surface area contributed by atoms with E-state index in [9.17, 15) is 39.0 Å². The van der Waals surface area contributed by atoms with E-state index in [1.165, 1.54) is 48.5 Å². The largest absolute Gasteiger partial charge is 0.507 e. The maximum absolute atomic E-state index is 15.2. The van der Waals surface area contributed by atoms with Crippen molar-refractivity contribution >= 4 is 46.6 Å². The predicted octanol–water partition coefficient (Wildman–Crippen LogP) is 9.50. The highest BCUT2D eigenvalue weighted by Gasteiger charge is 2.45. The summed E-state index contributed by atoms with van der Waals surface area (Å²) < 4.78 is 40.9. The molecule has 0 saturated carbocycles. The number of ether oxygens (including phenoxy) is 6. The van der Waals surface area contributed by atoms with E-state index in [0.29, 0.717) is 37.7 Å². The fraction of sp³-hybridized carbons (Fsp3) is 0.340. The highest BCUT2D eigenvalue weighted by molar-refractivity contribution is 6.09. The molecule has 0 radical (unpaired) electrons. The number of aromatic hydroxyl groups is 2. The number of hydrogen-bond acceptors (Lipinski definition) is 16. The van der Waals surface area contributed by atoms with Gasteiger partial charge in [0, 0.05) is 61.9 Å². The lowest BCUT2D eigenvalue weighted by Crippen LogP contribution is -2.31. The quantitative estimate of drug-likeness (QED) is 0.0616. The summed E-state index contributed by atoms with van der Waals surface area (Å²) in [4.78, 5) is 92.9. The summed E-state index contributed by atoms with van der Waals surface area (Å²) in [6.07, 6.45) is 1.21. The summed E-state index contributed by atoms with van der Waals surface area (Å²) in [6.45, 7) is 8.91. The minimum atomic E-state index is -1.62. The van der Waals surface area contributed by atoms with E-state index in [0.717, 1.165) is 18.2 Å². The summed E-state index contributed by atoms with van der Waals surface area (Å²) >= 11 is 0. The number of rotatable bonds is 18. The van der Waals surface area contributed by atoms with Gasteiger partial charge in [0.05, 0.1) is 11.5 Å². The van der Waals surface area contributed by atoms with Gasteiger partial charge < -0.3 is 43.1 Å². The van der Waals surface area contributed by atoms with Crippen LogP contribution >= 0.6 is 0 Å². The van der Waals surface area contributed by atoms with Crippen LogP contribution in [0.1, 0.15) is 132 Å². The normalized spacial score (nSPS) is 14.2. The zero-order valence-corrected chi connectivity index (χ0v) is 37.2. The van der Waals surface area contributed by atoms with Crippen molar-refractivity contribution in [3.8, 4) is 57.3 Å². The summed E-state index contributed by atoms with van der Waals surface area (Å²) in [7, 11) is 0. The first-order valence-corrected chi connectivity index (χ1v) is 21.9. The van der Waals surface area contributed by atoms with Crippen molar-refractivity contribution in [1.82, 2.24) is 0 Å². The average molecular weight is 907 g/mol. The van der Waals surface area contributed by atoms with Gasteiger partial charge in [0.15, 0.2) is 22.7 Å². The number of esters is 5. The van der Waals surface area contributed by atoms with Gasteiger partial charge in [0.1, 0.15) is 62.9 Å². The van der Waals surface area contributed by atoms with Crippen LogP contribution in [0.15, 0.2) is 75.9 Å². The SMILES string of the molecule is CCCC(=O)Oc1ccc(C2Oc3cc(OC(=O)CCC)cc(O)c3C(=O)C2c2c(OC(=O)CCC)cc(O)c3c(=O)cc(-c4ccc(OC(=O)CCC)c(OC(=O)CCC)c4)oc23)cc1. The number of phenolic OH excluding ortho intramolecular Hbond substituents is 2. The molecule has 0 amide bonds. The van der Waals surface area contributed by atoms with Crippen LogP contribution in [0.5, 0.6) is 46.0 Å². The van der Waals surface area contributed by atoms with Crippen LogP contribution in [0.2, 0.25) is 0 Å². The third-order valence-corrected chi connectivity index (χ3v) is 10.3. The Balaban J connectivity index is 1.62. The number of carbonyl (C=O) groups is 6. The molecule has 2 N–H and O–H groups in total. The molecule has 2 heterocycles. The molecule has 2 atom stereocenters. The van der Waals surface area contributed by atoms with Crippen molar-refractivity contribution in [2.75, 3.05) is 0 Å². The van der Waals surface area contributed by atoms with Crippen molar-refractivity contribution in [1.29, 1.82) is 0 Å². The van der Waals surface area contributed by atoms with E-state index in [4.69, 9.17) is 32.8 Å². The number of hydrogen-bond donors (Lipinski definition) is 2. The van der Waals surface area contributed by atoms with Crippen molar-refractivity contribution < 1.29 is 71.8 Å². The van der Waals surface area contributed by atoms with E-state index < -0.39 is 75.5 Å². The average Bonchev–Trinajstić information content (AvgIpc) is 3.25. The molecule has 6 rings (SSSR count). The first-order valence-electron chi connectivity index (χ1n) is 21.9. The summed E-state index contributed by atoms with van der Waals surface area (Å²) in [5.41, 5.74) is -1.38. The van der Waals surface area contributed by atoms with Crippen molar-refractivity contribution in [2.24, 2.45) is 0 Å². The van der Waals surface area contributed by atoms with Gasteiger partial charge in [0.2, 0.25) is 0 Å². The molecule has 0 bridgehead atoms. The molecule has 5 aromatic rings. The van der Waals surface area contributed by atoms with Crippen LogP contribution in [-0.2, 0) is 24.0 Å². The molecule has 0 saturated heterocycles. The maximum Gasteiger partial charge on any atom is 0.311 e. The monoisotopic (exact) mass is 906 g/mol. The first kappa shape index (κ1) is 48.0. The number of carbonyl (C=O) groups excluding carboxylic acids is 6. The Morgan fingerprint density at radius 3 is 1.67 bits per heavy atom. The number of benzene rings is 4. The van der Waals surface area contributed by atoms with Crippen molar-refractivity contribution in [3.05, 3.63) is 93.6 Å². The molecule has 1 aliphatic rings. The summed E-state index contributed by atoms with van der Waals surface area (Å²) in [5.74, 6) is -7.67. The maximum atomic E-state index is 15.2. The lowest BCUT2D eigenvalue weighted by molar-refractivity contribution is -0.137. The molecule has 16 nitrogen and oxygen atoms in total. The summed E-state index contributed by atoms with van der Waals surface area (Å²) in [6, 6.07) is 14.5. The van der Waals surface area contributed by atoms with Crippen LogP contribution in [0.25, 0.3) is 22.3 Å². The molecule has 346 valence electrons. The fourth-order valence-corrected chi connectivity index (χ4v) is 7.31. The molecule has 0 aliphatic carbocycles. The van der Waals surface area contributed by atoms with Crippen molar-refractivity contribution in [2.45, 2.75) is 111 Å². The van der Waals surface area contributed by atoms with Gasteiger partial charge in [-0.2, -0.15) is 0 Å². The van der Waals surface area contributed by atoms with Crippen LogP contribution in [0, 0.1) is 0 Å². The topological polar surface area (TPSA) is 228 Å². The van der Waals surface area contributed by atoms with Gasteiger partial charge in [-0.25, -0.2) is 0 Å². The van der Waals surface area contributed by atoms with Crippen LogP contribution < -0.4 is 33.8 Å². The highest BCUT2D eigenvalue weighted by atomic mass is 16.6. The molecular formula is C50H50O16. The van der Waals surface area contributed by atoms with Gasteiger partial charge >= 0.3 is 29.8 Å². The fourth-order valence-electron chi connectivity index (χ4n) is 7.31. The minimum absolute atomic E-state index is 0.0369. The van der Waals surface area contributed by atoms with Crippen LogP contribution in [0.3, 0.4) is 0 Å². The van der Waals surface area contributed by atoms with Gasteiger partial charge in [-0.15, -0.1) is 0 Å². The van der Waals surface area contributed by atoms with Gasteiger partial charge in [-0.05, 0) is 68.0 Å². The van der Waals surface area contributed by atoms with E-state index in [1.807, 2.05) is 6.92 Å². The van der Waals surface area contributed by atoms with E-state index in [-0.39, 0.29) is 89.1 Å². The van der Waals surface area contributed by atoms with E-state index in [2.05, 4.69) is 0 Å². The Bertz CT molecular complexity index is 2730. The van der Waals surface area contributed by atoms with Gasteiger partial charge in [-0.3, -0.25) is 33.6 Å². The molecule has 2 unspecified atom stereocenters. The lowest BCUT2D eigenvalue weighted by atomic mass is 9.79. The third-order valence-electron chi connectivity index (χ3n) is 10.3. The smallest absolute Gasteiger partial charge is 0.311 e. The lowest BCUT2D eigenvalue weighted by Gasteiger charge is -2.34. The van der Waals surface area contributed by atoms with Crippen LogP contribution in [-0.4, -0.2) is 45.8 Å². The molecule has 4 aromatic carbocycles. The number of ketones is 1. The highest BCUT2D eigenvalue weighted by Crippen LogP contribution is 2.53. The number of phenols is 2. The Kier molecular flexibility index (Phi) is 15.6. The second-order valence-electron chi connectivity index (χ2n) is 15.5. The van der Waals surface area contributed by atoms with E-state index >= 15 is 4.79 Å². The van der Waals surface area contributed by atoms with E-state index in [1.54, 1.807) is 27.7 Å². The summed E-state index contributed by atoms with van der Waals surface area (Å²) in [5, 5.41) is 22.5. The molecule has 16 heteroatoms. The Hall–Kier alpha value is -7.49. The predicted molar refractivity (Wildman–Crippen MR) is 237 cm³/mol. The molecule has 1 aliphatic heterocycles. The molecular weight excluding hydrogens is 857 g/mol. The zero-order chi connectivity index (χ0) is 47.7. The second kappa shape index (κ2) is 21.5. The molecule has 0 fully saturated rings. The molecule has 0 spiro atoms. The molecule has 66 heavy (non-hydrogen) atoms.